The standard InChI is InChI=1S/C28H35N3O3S/c1-21-11-14-26(22(2)17-21)29-28(33)30(15-8-16-34-4)20-27(32)31(18-24-9-6-5-7-10-24)19-25-13-12-23(3)35-25/h5-7,9-14,17H,8,15-16,18-20H2,1-4H3,(H,29,33). The fourth-order valence-electron chi connectivity index (χ4n) is 3.86. The van der Waals surface area contributed by atoms with Crippen molar-refractivity contribution in [3.05, 3.63) is 87.1 Å². The zero-order chi connectivity index (χ0) is 25.2. The fraction of sp³-hybridized carbons (Fsp3) is 0.357. The number of anilines is 1. The van der Waals surface area contributed by atoms with Crippen molar-refractivity contribution < 1.29 is 14.3 Å². The fourth-order valence-corrected chi connectivity index (χ4v) is 4.76. The van der Waals surface area contributed by atoms with Crippen molar-refractivity contribution in [2.75, 3.05) is 32.1 Å². The van der Waals surface area contributed by atoms with Crippen molar-refractivity contribution >= 4 is 29.0 Å². The van der Waals surface area contributed by atoms with Gasteiger partial charge >= 0.3 is 6.03 Å². The highest BCUT2D eigenvalue weighted by Gasteiger charge is 2.22. The molecule has 0 aliphatic carbocycles. The topological polar surface area (TPSA) is 61.9 Å². The van der Waals surface area contributed by atoms with E-state index in [1.165, 1.54) is 4.88 Å². The first-order valence-corrected chi connectivity index (χ1v) is 12.7. The lowest BCUT2D eigenvalue weighted by atomic mass is 10.1. The normalized spacial score (nSPS) is 10.7. The lowest BCUT2D eigenvalue weighted by Crippen LogP contribution is -2.44. The van der Waals surface area contributed by atoms with Crippen LogP contribution in [0.4, 0.5) is 10.5 Å². The van der Waals surface area contributed by atoms with Crippen molar-refractivity contribution in [3.8, 4) is 0 Å². The van der Waals surface area contributed by atoms with Gasteiger partial charge in [-0.3, -0.25) is 4.79 Å². The first-order valence-electron chi connectivity index (χ1n) is 11.8. The van der Waals surface area contributed by atoms with Crippen molar-refractivity contribution in [2.45, 2.75) is 40.3 Å². The number of urea groups is 1. The molecule has 0 aliphatic rings. The summed E-state index contributed by atoms with van der Waals surface area (Å²) in [6.45, 7) is 7.98. The van der Waals surface area contributed by atoms with Gasteiger partial charge in [0.05, 0.1) is 6.54 Å². The van der Waals surface area contributed by atoms with Crippen LogP contribution < -0.4 is 5.32 Å². The van der Waals surface area contributed by atoms with E-state index in [1.54, 1.807) is 23.3 Å². The number of ether oxygens (including phenoxy) is 1. The van der Waals surface area contributed by atoms with Crippen LogP contribution >= 0.6 is 11.3 Å². The van der Waals surface area contributed by atoms with Gasteiger partial charge < -0.3 is 19.9 Å². The molecule has 3 amide bonds. The van der Waals surface area contributed by atoms with E-state index in [0.717, 1.165) is 27.3 Å². The summed E-state index contributed by atoms with van der Waals surface area (Å²) in [5, 5.41) is 2.99. The average molecular weight is 494 g/mol. The molecular weight excluding hydrogens is 458 g/mol. The molecule has 6 nitrogen and oxygen atoms in total. The van der Waals surface area contributed by atoms with Crippen LogP contribution in [0.5, 0.6) is 0 Å². The molecule has 3 aromatic rings. The molecule has 0 saturated carbocycles. The molecule has 186 valence electrons. The summed E-state index contributed by atoms with van der Waals surface area (Å²) < 4.78 is 5.18. The van der Waals surface area contributed by atoms with Crippen molar-refractivity contribution in [1.82, 2.24) is 9.80 Å². The summed E-state index contributed by atoms with van der Waals surface area (Å²) in [5.41, 5.74) is 3.92. The first-order chi connectivity index (χ1) is 16.9. The van der Waals surface area contributed by atoms with Gasteiger partial charge in [-0.25, -0.2) is 4.79 Å². The maximum Gasteiger partial charge on any atom is 0.322 e. The quantitative estimate of drug-likeness (QED) is 0.345. The molecule has 0 radical (unpaired) electrons. The van der Waals surface area contributed by atoms with E-state index in [0.29, 0.717) is 32.7 Å². The zero-order valence-corrected chi connectivity index (χ0v) is 21.9. The number of methoxy groups -OCH3 is 1. The molecule has 3 rings (SSSR count). The molecule has 35 heavy (non-hydrogen) atoms. The van der Waals surface area contributed by atoms with E-state index < -0.39 is 0 Å². The second-order valence-corrected chi connectivity index (χ2v) is 10.1. The maximum atomic E-state index is 13.5. The molecule has 0 saturated heterocycles. The third-order valence-corrected chi connectivity index (χ3v) is 6.71. The monoisotopic (exact) mass is 493 g/mol. The SMILES string of the molecule is COCCCN(CC(=O)N(Cc1ccccc1)Cc1ccc(C)s1)C(=O)Nc1ccc(C)cc1C. The number of carbonyl (C=O) groups is 2. The molecule has 0 unspecified atom stereocenters. The first kappa shape index (κ1) is 26.4. The highest BCUT2D eigenvalue weighted by Crippen LogP contribution is 2.20. The van der Waals surface area contributed by atoms with E-state index in [2.05, 4.69) is 24.4 Å². The Labute approximate surface area is 212 Å². The summed E-state index contributed by atoms with van der Waals surface area (Å²) in [4.78, 5) is 32.5. The summed E-state index contributed by atoms with van der Waals surface area (Å²) >= 11 is 1.69. The molecule has 1 N–H and O–H groups in total. The third-order valence-electron chi connectivity index (χ3n) is 5.73. The van der Waals surface area contributed by atoms with E-state index in [9.17, 15) is 9.59 Å². The van der Waals surface area contributed by atoms with Gasteiger partial charge in [0.25, 0.3) is 0 Å². The van der Waals surface area contributed by atoms with Crippen LogP contribution in [0.1, 0.15) is 32.9 Å². The highest BCUT2D eigenvalue weighted by molar-refractivity contribution is 7.11. The molecule has 1 heterocycles. The maximum absolute atomic E-state index is 13.5. The number of amides is 3. The Kier molecular flexibility index (Phi) is 9.87. The van der Waals surface area contributed by atoms with Gasteiger partial charge in [0, 0.05) is 42.2 Å². The second-order valence-electron chi connectivity index (χ2n) is 8.76. The van der Waals surface area contributed by atoms with Gasteiger partial charge in [-0.1, -0.05) is 48.0 Å². The van der Waals surface area contributed by atoms with Gasteiger partial charge in [0.15, 0.2) is 0 Å². The van der Waals surface area contributed by atoms with Crippen molar-refractivity contribution in [1.29, 1.82) is 0 Å². The Morgan fingerprint density at radius 3 is 2.37 bits per heavy atom. The smallest absolute Gasteiger partial charge is 0.322 e. The summed E-state index contributed by atoms with van der Waals surface area (Å²) in [6.07, 6.45) is 0.646. The van der Waals surface area contributed by atoms with Gasteiger partial charge in [0.1, 0.15) is 6.54 Å². The third kappa shape index (κ3) is 8.23. The Bertz CT molecular complexity index is 1110. The highest BCUT2D eigenvalue weighted by atomic mass is 32.1. The van der Waals surface area contributed by atoms with Gasteiger partial charge in [-0.05, 0) is 56.5 Å². The Morgan fingerprint density at radius 1 is 0.943 bits per heavy atom. The molecule has 7 heteroatoms. The predicted molar refractivity (Wildman–Crippen MR) is 143 cm³/mol. The van der Waals surface area contributed by atoms with Crippen LogP contribution in [0.3, 0.4) is 0 Å². The van der Waals surface area contributed by atoms with E-state index in [-0.39, 0.29) is 18.5 Å². The molecule has 0 fully saturated rings. The van der Waals surface area contributed by atoms with Crippen molar-refractivity contribution in [2.24, 2.45) is 0 Å². The number of hydrogen-bond donors (Lipinski definition) is 1. The van der Waals surface area contributed by atoms with Crippen LogP contribution in [0.2, 0.25) is 0 Å². The molecule has 0 atom stereocenters. The molecule has 0 spiro atoms. The molecule has 2 aromatic carbocycles. The van der Waals surface area contributed by atoms with E-state index in [4.69, 9.17) is 4.74 Å². The molecule has 1 aromatic heterocycles. The van der Waals surface area contributed by atoms with Crippen LogP contribution in [-0.4, -0.2) is 48.5 Å². The lowest BCUT2D eigenvalue weighted by Gasteiger charge is -2.28. The van der Waals surface area contributed by atoms with Crippen LogP contribution in [0.25, 0.3) is 0 Å². The van der Waals surface area contributed by atoms with Crippen LogP contribution in [0.15, 0.2) is 60.7 Å². The van der Waals surface area contributed by atoms with Crippen LogP contribution in [-0.2, 0) is 22.6 Å². The number of hydrogen-bond acceptors (Lipinski definition) is 4. The van der Waals surface area contributed by atoms with Crippen molar-refractivity contribution in [3.63, 3.8) is 0 Å². The number of rotatable bonds is 11. The molecular formula is C28H35N3O3S. The minimum absolute atomic E-state index is 0.00233. The van der Waals surface area contributed by atoms with E-state index in [1.807, 2.05) is 67.3 Å². The Morgan fingerprint density at radius 2 is 1.71 bits per heavy atom. The number of nitrogens with zero attached hydrogens (tertiary/aromatic N) is 2. The number of thiophene rings is 1. The Balaban J connectivity index is 1.77. The number of benzene rings is 2. The minimum atomic E-state index is -0.284. The minimum Gasteiger partial charge on any atom is -0.385 e. The average Bonchev–Trinajstić information content (AvgIpc) is 3.25. The molecule has 0 bridgehead atoms. The zero-order valence-electron chi connectivity index (χ0n) is 21.0. The summed E-state index contributed by atoms with van der Waals surface area (Å²) in [6, 6.07) is 19.7. The van der Waals surface area contributed by atoms with Gasteiger partial charge in [-0.2, -0.15) is 0 Å². The Hall–Kier alpha value is -3.16. The lowest BCUT2D eigenvalue weighted by molar-refractivity contribution is -0.133. The summed E-state index contributed by atoms with van der Waals surface area (Å²) in [7, 11) is 1.63. The number of aryl methyl sites for hydroxylation is 3. The largest absolute Gasteiger partial charge is 0.385 e. The summed E-state index contributed by atoms with van der Waals surface area (Å²) in [5.74, 6) is -0.0897. The predicted octanol–water partition coefficient (Wildman–Crippen LogP) is 5.77. The number of nitrogens with one attached hydrogen (secondary N) is 1. The second kappa shape index (κ2) is 13.1. The molecule has 0 aliphatic heterocycles. The van der Waals surface area contributed by atoms with Crippen LogP contribution in [0, 0.1) is 20.8 Å². The van der Waals surface area contributed by atoms with E-state index >= 15 is 0 Å². The van der Waals surface area contributed by atoms with Gasteiger partial charge in [0.2, 0.25) is 5.91 Å². The number of carbonyl (C=O) groups excluding carboxylic acids is 2. The van der Waals surface area contributed by atoms with Gasteiger partial charge in [-0.15, -0.1) is 11.3 Å².